The molecule has 7 heteroatoms. The lowest BCUT2D eigenvalue weighted by Crippen LogP contribution is -2.58. The lowest BCUT2D eigenvalue weighted by atomic mass is 9.82. The zero-order valence-electron chi connectivity index (χ0n) is 11.9. The Kier molecular flexibility index (Phi) is 7.32. The van der Waals surface area contributed by atoms with Crippen molar-refractivity contribution in [3.05, 3.63) is 0 Å². The monoisotopic (exact) mass is 288 g/mol. The molecule has 0 spiro atoms. The van der Waals surface area contributed by atoms with Gasteiger partial charge in [0.25, 0.3) is 0 Å². The van der Waals surface area contributed by atoms with Crippen LogP contribution in [0.1, 0.15) is 32.1 Å². The highest BCUT2D eigenvalue weighted by Crippen LogP contribution is 2.28. The lowest BCUT2D eigenvalue weighted by Gasteiger charge is -2.33. The predicted octanol–water partition coefficient (Wildman–Crippen LogP) is 0.736. The maximum atomic E-state index is 11.7. The lowest BCUT2D eigenvalue weighted by molar-refractivity contribution is -0.145. The molecule has 7 nitrogen and oxygen atoms in total. The number of aliphatic carboxylic acids is 1. The number of amides is 2. The molecule has 1 aliphatic rings. The third-order valence-corrected chi connectivity index (χ3v) is 3.43. The molecule has 0 radical (unpaired) electrons. The molecular formula is C13H24N2O5. The fourth-order valence-electron chi connectivity index (χ4n) is 2.29. The summed E-state index contributed by atoms with van der Waals surface area (Å²) in [4.78, 5) is 23.1. The second-order valence-corrected chi connectivity index (χ2v) is 4.93. The van der Waals surface area contributed by atoms with E-state index in [0.717, 1.165) is 19.3 Å². The van der Waals surface area contributed by atoms with Crippen molar-refractivity contribution in [3.8, 4) is 0 Å². The van der Waals surface area contributed by atoms with Gasteiger partial charge in [-0.15, -0.1) is 0 Å². The van der Waals surface area contributed by atoms with Gasteiger partial charge < -0.3 is 25.2 Å². The summed E-state index contributed by atoms with van der Waals surface area (Å²) in [6.07, 6.45) is 3.64. The van der Waals surface area contributed by atoms with Gasteiger partial charge in [0.05, 0.1) is 19.8 Å². The Labute approximate surface area is 119 Å². The summed E-state index contributed by atoms with van der Waals surface area (Å²) in [5.74, 6) is -0.955. The van der Waals surface area contributed by atoms with Crippen LogP contribution < -0.4 is 10.6 Å². The molecule has 0 aliphatic heterocycles. The first-order valence-corrected chi connectivity index (χ1v) is 6.97. The zero-order chi connectivity index (χ0) is 14.8. The van der Waals surface area contributed by atoms with Crippen LogP contribution in [-0.2, 0) is 14.3 Å². The molecule has 0 bridgehead atoms. The minimum Gasteiger partial charge on any atom is -0.480 e. The van der Waals surface area contributed by atoms with Crippen molar-refractivity contribution in [1.82, 2.24) is 10.6 Å². The Morgan fingerprint density at radius 2 is 1.85 bits per heavy atom. The van der Waals surface area contributed by atoms with Gasteiger partial charge in [-0.1, -0.05) is 19.3 Å². The number of ether oxygens (including phenoxy) is 2. The van der Waals surface area contributed by atoms with Crippen molar-refractivity contribution in [2.45, 2.75) is 37.6 Å². The third kappa shape index (κ3) is 5.34. The molecule has 1 fully saturated rings. The Balaban J connectivity index is 2.27. The number of urea groups is 1. The highest BCUT2D eigenvalue weighted by molar-refractivity contribution is 5.86. The number of nitrogens with one attached hydrogen (secondary N) is 2. The van der Waals surface area contributed by atoms with Gasteiger partial charge in [-0.25, -0.2) is 9.59 Å². The molecule has 0 aromatic carbocycles. The van der Waals surface area contributed by atoms with E-state index >= 15 is 0 Å². The maximum Gasteiger partial charge on any atom is 0.329 e. The van der Waals surface area contributed by atoms with Crippen LogP contribution in [0.4, 0.5) is 4.79 Å². The summed E-state index contributed by atoms with van der Waals surface area (Å²) in [7, 11) is 1.59. The van der Waals surface area contributed by atoms with E-state index in [2.05, 4.69) is 10.6 Å². The van der Waals surface area contributed by atoms with Crippen molar-refractivity contribution in [1.29, 1.82) is 0 Å². The molecule has 2 amide bonds. The summed E-state index contributed by atoms with van der Waals surface area (Å²) in [6.45, 7) is 1.69. The fraction of sp³-hybridized carbons (Fsp3) is 0.846. The largest absolute Gasteiger partial charge is 0.480 e. The number of hydrogen-bond acceptors (Lipinski definition) is 4. The molecule has 20 heavy (non-hydrogen) atoms. The first kappa shape index (κ1) is 16.7. The first-order chi connectivity index (χ1) is 9.60. The summed E-state index contributed by atoms with van der Waals surface area (Å²) in [5, 5.41) is 14.5. The van der Waals surface area contributed by atoms with Gasteiger partial charge in [-0.05, 0) is 12.8 Å². The smallest absolute Gasteiger partial charge is 0.329 e. The summed E-state index contributed by atoms with van der Waals surface area (Å²) in [6, 6.07) is -0.454. The van der Waals surface area contributed by atoms with Gasteiger partial charge in [0.1, 0.15) is 5.54 Å². The molecule has 0 saturated heterocycles. The topological polar surface area (TPSA) is 96.9 Å². The van der Waals surface area contributed by atoms with Crippen LogP contribution in [0, 0.1) is 0 Å². The SMILES string of the molecule is COCCOCCNC(=O)NC1(C(=O)O)CCCCC1. The van der Waals surface area contributed by atoms with E-state index in [1.165, 1.54) is 0 Å². The van der Waals surface area contributed by atoms with Crippen molar-refractivity contribution in [2.24, 2.45) is 0 Å². The van der Waals surface area contributed by atoms with E-state index in [4.69, 9.17) is 9.47 Å². The standard InChI is InChI=1S/C13H24N2O5/c1-19-9-10-20-8-7-14-12(18)15-13(11(16)17)5-3-2-4-6-13/h2-10H2,1H3,(H,16,17)(H2,14,15,18). The van der Waals surface area contributed by atoms with Crippen LogP contribution in [-0.4, -0.2) is 56.1 Å². The molecule has 0 heterocycles. The van der Waals surface area contributed by atoms with Gasteiger partial charge in [0, 0.05) is 13.7 Å². The number of rotatable bonds is 8. The van der Waals surface area contributed by atoms with Gasteiger partial charge in [0.15, 0.2) is 0 Å². The molecule has 0 unspecified atom stereocenters. The van der Waals surface area contributed by atoms with Gasteiger partial charge in [-0.3, -0.25) is 0 Å². The van der Waals surface area contributed by atoms with E-state index in [0.29, 0.717) is 39.2 Å². The van der Waals surface area contributed by atoms with Crippen LogP contribution >= 0.6 is 0 Å². The molecule has 1 saturated carbocycles. The van der Waals surface area contributed by atoms with Crippen molar-refractivity contribution in [3.63, 3.8) is 0 Å². The van der Waals surface area contributed by atoms with Crippen molar-refractivity contribution < 1.29 is 24.2 Å². The number of carbonyl (C=O) groups excluding carboxylic acids is 1. The Bertz CT molecular complexity index is 316. The highest BCUT2D eigenvalue weighted by Gasteiger charge is 2.40. The van der Waals surface area contributed by atoms with Crippen LogP contribution in [0.5, 0.6) is 0 Å². The van der Waals surface area contributed by atoms with Gasteiger partial charge in [0.2, 0.25) is 0 Å². The third-order valence-electron chi connectivity index (χ3n) is 3.43. The van der Waals surface area contributed by atoms with Crippen LogP contribution in [0.15, 0.2) is 0 Å². The average Bonchev–Trinajstić information content (AvgIpc) is 2.43. The second-order valence-electron chi connectivity index (χ2n) is 4.93. The zero-order valence-corrected chi connectivity index (χ0v) is 11.9. The number of methoxy groups -OCH3 is 1. The summed E-state index contributed by atoms with van der Waals surface area (Å²) in [5.41, 5.74) is -1.11. The molecule has 3 N–H and O–H groups in total. The second kappa shape index (κ2) is 8.76. The molecular weight excluding hydrogens is 264 g/mol. The highest BCUT2D eigenvalue weighted by atomic mass is 16.5. The van der Waals surface area contributed by atoms with E-state index in [9.17, 15) is 14.7 Å². The minimum atomic E-state index is -1.11. The Morgan fingerprint density at radius 3 is 2.45 bits per heavy atom. The summed E-state index contributed by atoms with van der Waals surface area (Å²) >= 11 is 0. The summed E-state index contributed by atoms with van der Waals surface area (Å²) < 4.78 is 10.0. The van der Waals surface area contributed by atoms with Crippen LogP contribution in [0.3, 0.4) is 0 Å². The number of hydrogen-bond donors (Lipinski definition) is 3. The van der Waals surface area contributed by atoms with Gasteiger partial charge >= 0.3 is 12.0 Å². The minimum absolute atomic E-state index is 0.339. The Morgan fingerprint density at radius 1 is 1.15 bits per heavy atom. The van der Waals surface area contributed by atoms with Crippen LogP contribution in [0.25, 0.3) is 0 Å². The number of carboxylic acid groups (broad SMARTS) is 1. The Hall–Kier alpha value is -1.34. The fourth-order valence-corrected chi connectivity index (χ4v) is 2.29. The van der Waals surface area contributed by atoms with Crippen LogP contribution in [0.2, 0.25) is 0 Å². The maximum absolute atomic E-state index is 11.7. The predicted molar refractivity (Wildman–Crippen MR) is 72.7 cm³/mol. The normalized spacial score (nSPS) is 17.4. The molecule has 0 atom stereocenters. The molecule has 1 aliphatic carbocycles. The number of carboxylic acids is 1. The van der Waals surface area contributed by atoms with E-state index < -0.39 is 17.5 Å². The first-order valence-electron chi connectivity index (χ1n) is 6.97. The van der Waals surface area contributed by atoms with E-state index in [-0.39, 0.29) is 0 Å². The van der Waals surface area contributed by atoms with Crippen molar-refractivity contribution >= 4 is 12.0 Å². The number of carbonyl (C=O) groups is 2. The average molecular weight is 288 g/mol. The van der Waals surface area contributed by atoms with E-state index in [1.807, 2.05) is 0 Å². The van der Waals surface area contributed by atoms with Gasteiger partial charge in [-0.2, -0.15) is 0 Å². The van der Waals surface area contributed by atoms with E-state index in [1.54, 1.807) is 7.11 Å². The molecule has 0 aromatic rings. The molecule has 116 valence electrons. The molecule has 1 rings (SSSR count). The molecule has 0 aromatic heterocycles. The quantitative estimate of drug-likeness (QED) is 0.572. The van der Waals surface area contributed by atoms with Crippen molar-refractivity contribution in [2.75, 3.05) is 33.5 Å².